The van der Waals surface area contributed by atoms with E-state index in [0.717, 1.165) is 0 Å². The van der Waals surface area contributed by atoms with Crippen molar-refractivity contribution in [3.8, 4) is 0 Å². The van der Waals surface area contributed by atoms with Crippen molar-refractivity contribution >= 4 is 34.8 Å². The highest BCUT2D eigenvalue weighted by Crippen LogP contribution is 2.30. The topological polar surface area (TPSA) is 0 Å². The Hall–Kier alpha value is 0.610. The van der Waals surface area contributed by atoms with Gasteiger partial charge in [0.2, 0.25) is 0 Å². The van der Waals surface area contributed by atoms with Gasteiger partial charge in [0, 0.05) is 6.42 Å². The van der Waals surface area contributed by atoms with Gasteiger partial charge in [-0.1, -0.05) is 40.9 Å². The first kappa shape index (κ1) is 8.61. The van der Waals surface area contributed by atoms with E-state index in [-0.39, 0.29) is 0 Å². The minimum absolute atomic E-state index is 0.418. The van der Waals surface area contributed by atoms with Crippen LogP contribution in [0.5, 0.6) is 0 Å². The highest BCUT2D eigenvalue weighted by atomic mass is 35.6. The average Bonchev–Trinajstić information content (AvgIpc) is 1.59. The summed E-state index contributed by atoms with van der Waals surface area (Å²) in [5, 5.41) is 0. The molecule has 0 aromatic rings. The highest BCUT2D eigenvalue weighted by Gasteiger charge is 2.17. The van der Waals surface area contributed by atoms with Gasteiger partial charge in [0.05, 0.1) is 0 Å². The molecule has 0 aliphatic carbocycles. The summed E-state index contributed by atoms with van der Waals surface area (Å²) in [6.07, 6.45) is 3.72. The smallest absolute Gasteiger partial charge is 0.103 e. The van der Waals surface area contributed by atoms with Crippen LogP contribution < -0.4 is 0 Å². The van der Waals surface area contributed by atoms with Crippen LogP contribution >= 0.6 is 34.8 Å². The van der Waals surface area contributed by atoms with Crippen molar-refractivity contribution in [2.75, 3.05) is 0 Å². The van der Waals surface area contributed by atoms with Crippen molar-refractivity contribution < 1.29 is 0 Å². The van der Waals surface area contributed by atoms with Crippen LogP contribution in [0.4, 0.5) is 0 Å². The van der Waals surface area contributed by atoms with Gasteiger partial charge in [-0.05, 0) is 6.42 Å². The Morgan fingerprint density at radius 2 is 1.88 bits per heavy atom. The van der Waals surface area contributed by atoms with Crippen LogP contribution in [0, 0.1) is 6.42 Å². The fourth-order valence-electron chi connectivity index (χ4n) is 0.217. The highest BCUT2D eigenvalue weighted by molar-refractivity contribution is 6.67. The third-order valence-corrected chi connectivity index (χ3v) is 0.979. The Kier molecular flexibility index (Phi) is 3.87. The molecule has 0 aromatic heterocycles. The van der Waals surface area contributed by atoms with E-state index in [1.807, 2.05) is 0 Å². The molecule has 0 saturated carbocycles. The minimum atomic E-state index is -1.16. The molecule has 3 heteroatoms. The lowest BCUT2D eigenvalue weighted by Crippen LogP contribution is -1.99. The number of halogens is 3. The van der Waals surface area contributed by atoms with Gasteiger partial charge < -0.3 is 0 Å². The maximum Gasteiger partial charge on any atom is 0.191 e. The summed E-state index contributed by atoms with van der Waals surface area (Å²) in [5.74, 6) is 0. The predicted octanol–water partition coefficient (Wildman–Crippen LogP) is 3.14. The average molecular weight is 172 g/mol. The van der Waals surface area contributed by atoms with Crippen molar-refractivity contribution in [2.45, 2.75) is 10.2 Å². The molecule has 47 valence electrons. The van der Waals surface area contributed by atoms with E-state index in [9.17, 15) is 0 Å². The van der Waals surface area contributed by atoms with Crippen LogP contribution in [0.3, 0.4) is 0 Å². The summed E-state index contributed by atoms with van der Waals surface area (Å²) >= 11 is 16.1. The van der Waals surface area contributed by atoms with Crippen molar-refractivity contribution in [1.29, 1.82) is 0 Å². The van der Waals surface area contributed by atoms with E-state index in [1.54, 1.807) is 12.5 Å². The molecule has 8 heavy (non-hydrogen) atoms. The third kappa shape index (κ3) is 6.61. The molecule has 0 N–H and O–H groups in total. The first-order valence-electron chi connectivity index (χ1n) is 2.07. The number of allylic oxidation sites excluding steroid dienone is 1. The third-order valence-electron chi connectivity index (χ3n) is 0.516. The van der Waals surface area contributed by atoms with E-state index in [0.29, 0.717) is 6.42 Å². The second kappa shape index (κ2) is 3.60. The molecule has 1 radical (unpaired) electrons. The zero-order valence-corrected chi connectivity index (χ0v) is 6.47. The molecule has 0 aliphatic rings. The fourth-order valence-corrected chi connectivity index (χ4v) is 0.484. The molecule has 0 amide bonds. The van der Waals surface area contributed by atoms with Crippen LogP contribution in [0.25, 0.3) is 0 Å². The molecule has 0 saturated heterocycles. The molecule has 0 heterocycles. The van der Waals surface area contributed by atoms with Crippen LogP contribution in [-0.2, 0) is 0 Å². The normalized spacial score (nSPS) is 11.4. The van der Waals surface area contributed by atoms with E-state index >= 15 is 0 Å². The summed E-state index contributed by atoms with van der Waals surface area (Å²) in [6, 6.07) is 0. The molecular formula is C5H6Cl3. The molecule has 0 nitrogen and oxygen atoms in total. The maximum atomic E-state index is 5.36. The second-order valence-electron chi connectivity index (χ2n) is 1.29. The van der Waals surface area contributed by atoms with E-state index in [2.05, 4.69) is 6.58 Å². The van der Waals surface area contributed by atoms with Crippen molar-refractivity contribution in [2.24, 2.45) is 0 Å². The Balaban J connectivity index is 3.24. The molecule has 0 unspecified atom stereocenters. The Labute approximate surface area is 64.4 Å². The Morgan fingerprint density at radius 1 is 1.38 bits per heavy atom. The molecule has 0 fully saturated rings. The largest absolute Gasteiger partial charge is 0.191 e. The van der Waals surface area contributed by atoms with E-state index < -0.39 is 3.79 Å². The molecule has 0 aromatic carbocycles. The molecule has 0 rings (SSSR count). The summed E-state index contributed by atoms with van der Waals surface area (Å²) in [6.45, 7) is 3.43. The Bertz CT molecular complexity index is 72.2. The number of rotatable bonds is 2. The fraction of sp³-hybridized carbons (Fsp3) is 0.400. The molecule has 0 spiro atoms. The SMILES string of the molecule is C=C[CH]CC(Cl)(Cl)Cl. The van der Waals surface area contributed by atoms with Crippen molar-refractivity contribution in [1.82, 2.24) is 0 Å². The van der Waals surface area contributed by atoms with Gasteiger partial charge in [0.1, 0.15) is 0 Å². The second-order valence-corrected chi connectivity index (χ2v) is 3.81. The Morgan fingerprint density at radius 3 is 2.00 bits per heavy atom. The van der Waals surface area contributed by atoms with Crippen molar-refractivity contribution in [3.05, 3.63) is 19.1 Å². The number of hydrogen-bond acceptors (Lipinski definition) is 0. The molecule has 0 aliphatic heterocycles. The quantitative estimate of drug-likeness (QED) is 0.562. The summed E-state index contributed by atoms with van der Waals surface area (Å²) in [5.41, 5.74) is 0. The van der Waals surface area contributed by atoms with Gasteiger partial charge in [-0.25, -0.2) is 0 Å². The van der Waals surface area contributed by atoms with Crippen LogP contribution in [-0.4, -0.2) is 3.79 Å². The van der Waals surface area contributed by atoms with Gasteiger partial charge in [-0.15, -0.1) is 6.58 Å². The van der Waals surface area contributed by atoms with Crippen LogP contribution in [0.15, 0.2) is 12.7 Å². The van der Waals surface area contributed by atoms with Gasteiger partial charge in [-0.3, -0.25) is 0 Å². The first-order chi connectivity index (χ1) is 3.56. The lowest BCUT2D eigenvalue weighted by Gasteiger charge is -2.06. The van der Waals surface area contributed by atoms with E-state index in [4.69, 9.17) is 34.8 Å². The lowest BCUT2D eigenvalue weighted by atomic mass is 10.3. The van der Waals surface area contributed by atoms with Gasteiger partial charge >= 0.3 is 0 Å². The number of alkyl halides is 3. The first-order valence-corrected chi connectivity index (χ1v) is 3.20. The summed E-state index contributed by atoms with van der Waals surface area (Å²) in [4.78, 5) is 0. The van der Waals surface area contributed by atoms with Gasteiger partial charge in [-0.2, -0.15) is 0 Å². The van der Waals surface area contributed by atoms with Gasteiger partial charge in [0.15, 0.2) is 3.79 Å². The minimum Gasteiger partial charge on any atom is -0.103 e. The maximum absolute atomic E-state index is 5.36. The zero-order valence-electron chi connectivity index (χ0n) is 4.20. The van der Waals surface area contributed by atoms with Crippen molar-refractivity contribution in [3.63, 3.8) is 0 Å². The molecule has 0 atom stereocenters. The standard InChI is InChI=1S/C5H6Cl3/c1-2-3-4-5(6,7)8/h2-3H,1,4H2. The van der Waals surface area contributed by atoms with Crippen LogP contribution in [0.1, 0.15) is 6.42 Å². The van der Waals surface area contributed by atoms with E-state index in [1.165, 1.54) is 0 Å². The summed E-state index contributed by atoms with van der Waals surface area (Å²) < 4.78 is -1.16. The van der Waals surface area contributed by atoms with Crippen LogP contribution in [0.2, 0.25) is 0 Å². The summed E-state index contributed by atoms with van der Waals surface area (Å²) in [7, 11) is 0. The van der Waals surface area contributed by atoms with Gasteiger partial charge in [0.25, 0.3) is 0 Å². The zero-order chi connectivity index (χ0) is 6.62. The molecule has 0 bridgehead atoms. The molecular weight excluding hydrogens is 166 g/mol. The monoisotopic (exact) mass is 171 g/mol. The lowest BCUT2D eigenvalue weighted by molar-refractivity contribution is 1.02. The predicted molar refractivity (Wildman–Crippen MR) is 39.4 cm³/mol. The number of hydrogen-bond donors (Lipinski definition) is 0.